The largest absolute Gasteiger partial charge is 0.478 e. The highest BCUT2D eigenvalue weighted by Gasteiger charge is 2.14. The number of hydrogen-bond acceptors (Lipinski definition) is 3. The number of hydrogen-bond donors (Lipinski definition) is 1. The molecule has 0 radical (unpaired) electrons. The van der Waals surface area contributed by atoms with Crippen molar-refractivity contribution >= 4 is 5.97 Å². The molecule has 4 heteroatoms. The lowest BCUT2D eigenvalue weighted by molar-refractivity contribution is -0.0448. The highest BCUT2D eigenvalue weighted by atomic mass is 16.5. The molecule has 1 heterocycles. The van der Waals surface area contributed by atoms with Gasteiger partial charge < -0.3 is 14.6 Å². The average molecular weight is 250 g/mol. The quantitative estimate of drug-likeness (QED) is 0.872. The summed E-state index contributed by atoms with van der Waals surface area (Å²) in [7, 11) is 0. The van der Waals surface area contributed by atoms with Crippen LogP contribution in [0.3, 0.4) is 0 Å². The molecule has 1 aromatic carbocycles. The Morgan fingerprint density at radius 3 is 2.94 bits per heavy atom. The van der Waals surface area contributed by atoms with Crippen molar-refractivity contribution in [3.63, 3.8) is 0 Å². The maximum Gasteiger partial charge on any atom is 0.336 e. The van der Waals surface area contributed by atoms with Crippen molar-refractivity contribution < 1.29 is 19.4 Å². The molecule has 18 heavy (non-hydrogen) atoms. The zero-order chi connectivity index (χ0) is 12.8. The molecule has 1 fully saturated rings. The molecule has 0 aliphatic carbocycles. The third-order valence-corrected chi connectivity index (χ3v) is 3.08. The zero-order valence-electron chi connectivity index (χ0n) is 10.3. The summed E-state index contributed by atoms with van der Waals surface area (Å²) in [5.74, 6) is -0.914. The summed E-state index contributed by atoms with van der Waals surface area (Å²) in [6, 6.07) is 6.92. The van der Waals surface area contributed by atoms with Crippen LogP contribution in [0.25, 0.3) is 0 Å². The van der Waals surface area contributed by atoms with E-state index in [0.29, 0.717) is 24.3 Å². The Balaban J connectivity index is 1.84. The molecule has 0 amide bonds. The molecular weight excluding hydrogens is 232 g/mol. The molecule has 1 saturated heterocycles. The zero-order valence-corrected chi connectivity index (χ0v) is 10.3. The first-order valence-electron chi connectivity index (χ1n) is 6.28. The Kier molecular flexibility index (Phi) is 4.73. The maximum atomic E-state index is 11.0. The van der Waals surface area contributed by atoms with Crippen molar-refractivity contribution in [1.82, 2.24) is 0 Å². The standard InChI is InChI=1S/C14H18O4/c15-14(16)13-7-2-1-5-11(13)9-17-10-12-6-3-4-8-18-12/h1-2,5,7,12H,3-4,6,8-10H2,(H,15,16). The van der Waals surface area contributed by atoms with E-state index in [2.05, 4.69) is 0 Å². The van der Waals surface area contributed by atoms with Crippen LogP contribution >= 0.6 is 0 Å². The van der Waals surface area contributed by atoms with E-state index in [1.807, 2.05) is 6.07 Å². The molecule has 1 aromatic rings. The Morgan fingerprint density at radius 2 is 2.22 bits per heavy atom. The van der Waals surface area contributed by atoms with Gasteiger partial charge in [0.25, 0.3) is 0 Å². The molecule has 1 atom stereocenters. The van der Waals surface area contributed by atoms with E-state index in [9.17, 15) is 4.79 Å². The fraction of sp³-hybridized carbons (Fsp3) is 0.500. The van der Waals surface area contributed by atoms with E-state index >= 15 is 0 Å². The summed E-state index contributed by atoms with van der Waals surface area (Å²) in [6.45, 7) is 1.66. The second-order valence-electron chi connectivity index (χ2n) is 4.47. The molecule has 0 saturated carbocycles. The molecule has 0 aromatic heterocycles. The first kappa shape index (κ1) is 13.1. The van der Waals surface area contributed by atoms with Gasteiger partial charge in [-0.25, -0.2) is 4.79 Å². The Morgan fingerprint density at radius 1 is 1.39 bits per heavy atom. The van der Waals surface area contributed by atoms with E-state index in [1.165, 1.54) is 6.42 Å². The van der Waals surface area contributed by atoms with Gasteiger partial charge in [-0.1, -0.05) is 18.2 Å². The number of ether oxygens (including phenoxy) is 2. The molecule has 1 N–H and O–H groups in total. The monoisotopic (exact) mass is 250 g/mol. The maximum absolute atomic E-state index is 11.0. The summed E-state index contributed by atoms with van der Waals surface area (Å²) in [4.78, 5) is 11.0. The van der Waals surface area contributed by atoms with Gasteiger partial charge in [0.15, 0.2) is 0 Å². The summed E-state index contributed by atoms with van der Waals surface area (Å²) < 4.78 is 11.1. The van der Waals surface area contributed by atoms with Gasteiger partial charge in [-0.15, -0.1) is 0 Å². The second-order valence-corrected chi connectivity index (χ2v) is 4.47. The SMILES string of the molecule is O=C(O)c1ccccc1COCC1CCCCO1. The first-order valence-corrected chi connectivity index (χ1v) is 6.28. The predicted molar refractivity (Wildman–Crippen MR) is 66.6 cm³/mol. The fourth-order valence-electron chi connectivity index (χ4n) is 2.09. The van der Waals surface area contributed by atoms with Gasteiger partial charge in [0.1, 0.15) is 0 Å². The lowest BCUT2D eigenvalue weighted by Gasteiger charge is -2.22. The molecule has 1 aliphatic rings. The second kappa shape index (κ2) is 6.52. The molecule has 1 unspecified atom stereocenters. The predicted octanol–water partition coefficient (Wildman–Crippen LogP) is 2.47. The summed E-state index contributed by atoms with van der Waals surface area (Å²) in [6.07, 6.45) is 3.49. The lowest BCUT2D eigenvalue weighted by atomic mass is 10.1. The molecule has 2 rings (SSSR count). The van der Waals surface area contributed by atoms with Crippen LogP contribution < -0.4 is 0 Å². The van der Waals surface area contributed by atoms with Crippen molar-refractivity contribution in [2.24, 2.45) is 0 Å². The number of rotatable bonds is 5. The number of carbonyl (C=O) groups is 1. The number of carboxylic acid groups (broad SMARTS) is 1. The van der Waals surface area contributed by atoms with Crippen molar-refractivity contribution in [1.29, 1.82) is 0 Å². The van der Waals surface area contributed by atoms with Crippen molar-refractivity contribution in [2.75, 3.05) is 13.2 Å². The smallest absolute Gasteiger partial charge is 0.336 e. The molecule has 0 bridgehead atoms. The number of benzene rings is 1. The number of carboxylic acids is 1. The van der Waals surface area contributed by atoms with Crippen LogP contribution in [-0.2, 0) is 16.1 Å². The van der Waals surface area contributed by atoms with Gasteiger partial charge >= 0.3 is 5.97 Å². The van der Waals surface area contributed by atoms with Gasteiger partial charge in [0.2, 0.25) is 0 Å². The molecular formula is C14H18O4. The van der Waals surface area contributed by atoms with Gasteiger partial charge in [-0.05, 0) is 30.9 Å². The summed E-state index contributed by atoms with van der Waals surface area (Å²) >= 11 is 0. The Labute approximate surface area is 107 Å². The van der Waals surface area contributed by atoms with Crippen molar-refractivity contribution in [2.45, 2.75) is 32.0 Å². The Bertz CT molecular complexity index is 397. The third kappa shape index (κ3) is 3.55. The lowest BCUT2D eigenvalue weighted by Crippen LogP contribution is -2.24. The fourth-order valence-corrected chi connectivity index (χ4v) is 2.09. The highest BCUT2D eigenvalue weighted by Crippen LogP contribution is 2.15. The van der Waals surface area contributed by atoms with Crippen molar-refractivity contribution in [3.8, 4) is 0 Å². The third-order valence-electron chi connectivity index (χ3n) is 3.08. The Hall–Kier alpha value is -1.39. The van der Waals surface area contributed by atoms with E-state index in [0.717, 1.165) is 19.4 Å². The average Bonchev–Trinajstić information content (AvgIpc) is 2.40. The molecule has 0 spiro atoms. The van der Waals surface area contributed by atoms with Gasteiger partial charge in [0.05, 0.1) is 24.9 Å². The van der Waals surface area contributed by atoms with Crippen LogP contribution in [0.2, 0.25) is 0 Å². The van der Waals surface area contributed by atoms with Crippen LogP contribution in [0, 0.1) is 0 Å². The van der Waals surface area contributed by atoms with Crippen LogP contribution in [-0.4, -0.2) is 30.4 Å². The van der Waals surface area contributed by atoms with Gasteiger partial charge in [0, 0.05) is 6.61 Å². The van der Waals surface area contributed by atoms with Crippen LogP contribution in [0.1, 0.15) is 35.2 Å². The van der Waals surface area contributed by atoms with Crippen LogP contribution in [0.4, 0.5) is 0 Å². The minimum absolute atomic E-state index is 0.163. The van der Waals surface area contributed by atoms with Crippen LogP contribution in [0.15, 0.2) is 24.3 Å². The van der Waals surface area contributed by atoms with E-state index in [-0.39, 0.29) is 6.10 Å². The molecule has 1 aliphatic heterocycles. The first-order chi connectivity index (χ1) is 8.77. The van der Waals surface area contributed by atoms with Gasteiger partial charge in [-0.3, -0.25) is 0 Å². The van der Waals surface area contributed by atoms with Gasteiger partial charge in [-0.2, -0.15) is 0 Å². The van der Waals surface area contributed by atoms with Crippen molar-refractivity contribution in [3.05, 3.63) is 35.4 Å². The normalized spacial score (nSPS) is 19.7. The minimum Gasteiger partial charge on any atom is -0.478 e. The highest BCUT2D eigenvalue weighted by molar-refractivity contribution is 5.89. The summed E-state index contributed by atoms with van der Waals surface area (Å²) in [5.41, 5.74) is 1.02. The summed E-state index contributed by atoms with van der Waals surface area (Å²) in [5, 5.41) is 9.03. The van der Waals surface area contributed by atoms with Crippen LogP contribution in [0.5, 0.6) is 0 Å². The van der Waals surface area contributed by atoms with E-state index in [4.69, 9.17) is 14.6 Å². The van der Waals surface area contributed by atoms with E-state index < -0.39 is 5.97 Å². The molecule has 98 valence electrons. The minimum atomic E-state index is -0.914. The topological polar surface area (TPSA) is 55.8 Å². The van der Waals surface area contributed by atoms with E-state index in [1.54, 1.807) is 18.2 Å². The number of aromatic carboxylic acids is 1. The molecule has 4 nitrogen and oxygen atoms in total.